The van der Waals surface area contributed by atoms with Crippen molar-refractivity contribution in [3.8, 4) is 0 Å². The topological polar surface area (TPSA) is 108 Å². The lowest BCUT2D eigenvalue weighted by Gasteiger charge is -2.08. The van der Waals surface area contributed by atoms with E-state index in [1.165, 1.54) is 16.4 Å². The first-order chi connectivity index (χ1) is 13.7. The summed E-state index contributed by atoms with van der Waals surface area (Å²) < 4.78 is 3.30. The normalized spacial score (nSPS) is 10.9. The summed E-state index contributed by atoms with van der Waals surface area (Å²) in [6.07, 6.45) is 1.50. The van der Waals surface area contributed by atoms with Crippen molar-refractivity contribution in [3.63, 3.8) is 0 Å². The van der Waals surface area contributed by atoms with Crippen molar-refractivity contribution in [3.05, 3.63) is 68.8 Å². The number of benzene rings is 1. The first-order valence-corrected chi connectivity index (χ1v) is 9.32. The third-order valence-electron chi connectivity index (χ3n) is 4.78. The average molecular weight is 396 g/mol. The summed E-state index contributed by atoms with van der Waals surface area (Å²) in [4.78, 5) is 22.8. The molecule has 1 aromatic carbocycles. The van der Waals surface area contributed by atoms with Crippen LogP contribution in [0.1, 0.15) is 34.6 Å². The van der Waals surface area contributed by atoms with Crippen LogP contribution in [0, 0.1) is 37.8 Å². The van der Waals surface area contributed by atoms with Crippen molar-refractivity contribution >= 4 is 17.3 Å². The SMILES string of the molecule is Cc1ccc(Cn2nc(C)c(NC(=O)CCn3cc([N+](=O)[O-])c(C)n3)c2C)cc1. The molecule has 0 aliphatic rings. The Morgan fingerprint density at radius 3 is 2.41 bits per heavy atom. The molecule has 3 rings (SSSR count). The molecule has 0 unspecified atom stereocenters. The summed E-state index contributed by atoms with van der Waals surface area (Å²) in [5.74, 6) is -0.193. The Kier molecular flexibility index (Phi) is 5.76. The molecule has 0 aliphatic heterocycles. The fourth-order valence-corrected chi connectivity index (χ4v) is 3.12. The van der Waals surface area contributed by atoms with Crippen molar-refractivity contribution in [1.82, 2.24) is 19.6 Å². The molecule has 0 saturated carbocycles. The molecule has 29 heavy (non-hydrogen) atoms. The van der Waals surface area contributed by atoms with E-state index < -0.39 is 4.92 Å². The first-order valence-electron chi connectivity index (χ1n) is 9.32. The van der Waals surface area contributed by atoms with Crippen molar-refractivity contribution in [2.45, 2.75) is 47.2 Å². The fourth-order valence-electron chi connectivity index (χ4n) is 3.12. The third kappa shape index (κ3) is 4.68. The highest BCUT2D eigenvalue weighted by atomic mass is 16.6. The van der Waals surface area contributed by atoms with Crippen LogP contribution in [-0.2, 0) is 17.9 Å². The van der Waals surface area contributed by atoms with E-state index in [-0.39, 0.29) is 24.6 Å². The first kappa shape index (κ1) is 20.2. The lowest BCUT2D eigenvalue weighted by Crippen LogP contribution is -2.16. The molecule has 0 aliphatic carbocycles. The number of hydrogen-bond donors (Lipinski definition) is 1. The van der Waals surface area contributed by atoms with E-state index in [0.29, 0.717) is 17.9 Å². The van der Waals surface area contributed by atoms with Gasteiger partial charge in [-0.25, -0.2) is 0 Å². The summed E-state index contributed by atoms with van der Waals surface area (Å²) in [7, 11) is 0. The highest BCUT2D eigenvalue weighted by Gasteiger charge is 2.17. The smallest absolute Gasteiger partial charge is 0.309 e. The average Bonchev–Trinajstić information content (AvgIpc) is 3.17. The van der Waals surface area contributed by atoms with Gasteiger partial charge < -0.3 is 5.32 Å². The van der Waals surface area contributed by atoms with Crippen LogP contribution in [0.5, 0.6) is 0 Å². The van der Waals surface area contributed by atoms with Gasteiger partial charge in [0.1, 0.15) is 11.9 Å². The molecule has 0 spiro atoms. The number of carbonyl (C=O) groups is 1. The fraction of sp³-hybridized carbons (Fsp3) is 0.350. The molecular weight excluding hydrogens is 372 g/mol. The summed E-state index contributed by atoms with van der Waals surface area (Å²) in [5.41, 5.74) is 4.94. The highest BCUT2D eigenvalue weighted by molar-refractivity contribution is 5.91. The third-order valence-corrected chi connectivity index (χ3v) is 4.78. The minimum absolute atomic E-state index is 0.0468. The molecule has 0 fully saturated rings. The second-order valence-corrected chi connectivity index (χ2v) is 7.11. The monoisotopic (exact) mass is 396 g/mol. The predicted octanol–water partition coefficient (Wildman–Crippen LogP) is 3.30. The van der Waals surface area contributed by atoms with Crippen LogP contribution in [-0.4, -0.2) is 30.4 Å². The maximum Gasteiger partial charge on any atom is 0.309 e. The maximum atomic E-state index is 12.4. The van der Waals surface area contributed by atoms with Gasteiger partial charge in [0.2, 0.25) is 5.91 Å². The van der Waals surface area contributed by atoms with E-state index in [4.69, 9.17) is 0 Å². The number of nitrogens with zero attached hydrogens (tertiary/aromatic N) is 5. The van der Waals surface area contributed by atoms with E-state index in [0.717, 1.165) is 17.0 Å². The molecule has 9 heteroatoms. The van der Waals surface area contributed by atoms with Gasteiger partial charge in [0.05, 0.1) is 28.5 Å². The van der Waals surface area contributed by atoms with E-state index in [9.17, 15) is 14.9 Å². The second kappa shape index (κ2) is 8.26. The molecule has 2 heterocycles. The van der Waals surface area contributed by atoms with E-state index in [1.54, 1.807) is 6.92 Å². The standard InChI is InChI=1S/C20H24N6O3/c1-13-5-7-17(8-6-13)11-25-16(4)20(15(3)23-25)21-19(27)9-10-24-12-18(26(28)29)14(2)22-24/h5-8,12H,9-11H2,1-4H3,(H,21,27). The molecule has 152 valence electrons. The van der Waals surface area contributed by atoms with Crippen LogP contribution in [0.4, 0.5) is 11.4 Å². The van der Waals surface area contributed by atoms with Crippen LogP contribution in [0.15, 0.2) is 30.5 Å². The highest BCUT2D eigenvalue weighted by Crippen LogP contribution is 2.21. The largest absolute Gasteiger partial charge is 0.323 e. The van der Waals surface area contributed by atoms with Crippen LogP contribution in [0.25, 0.3) is 0 Å². The zero-order valence-electron chi connectivity index (χ0n) is 17.0. The van der Waals surface area contributed by atoms with Gasteiger partial charge in [-0.1, -0.05) is 29.8 Å². The Balaban J connectivity index is 1.64. The molecule has 0 saturated heterocycles. The van der Waals surface area contributed by atoms with E-state index in [2.05, 4.69) is 39.8 Å². The van der Waals surface area contributed by atoms with Crippen molar-refractivity contribution in [2.24, 2.45) is 0 Å². The molecule has 1 amide bonds. The number of nitro groups is 1. The van der Waals surface area contributed by atoms with Crippen LogP contribution in [0.2, 0.25) is 0 Å². The zero-order valence-corrected chi connectivity index (χ0v) is 17.0. The number of hydrogen-bond acceptors (Lipinski definition) is 5. The molecule has 0 bridgehead atoms. The number of aromatic nitrogens is 4. The summed E-state index contributed by atoms with van der Waals surface area (Å²) >= 11 is 0. The molecular formula is C20H24N6O3. The van der Waals surface area contributed by atoms with Gasteiger partial charge in [-0.3, -0.25) is 24.3 Å². The number of anilines is 1. The lowest BCUT2D eigenvalue weighted by molar-refractivity contribution is -0.385. The maximum absolute atomic E-state index is 12.4. The number of amides is 1. The van der Waals surface area contributed by atoms with Crippen LogP contribution in [0.3, 0.4) is 0 Å². The van der Waals surface area contributed by atoms with Gasteiger partial charge in [-0.05, 0) is 33.3 Å². The number of nitrogens with one attached hydrogen (secondary N) is 1. The Labute approximate surface area is 168 Å². The number of carbonyl (C=O) groups excluding carboxylic acids is 1. The molecule has 3 aromatic rings. The Hall–Kier alpha value is -3.49. The molecule has 0 radical (unpaired) electrons. The van der Waals surface area contributed by atoms with Gasteiger partial charge in [-0.2, -0.15) is 10.2 Å². The number of rotatable bonds is 7. The molecule has 1 N–H and O–H groups in total. The zero-order chi connectivity index (χ0) is 21.1. The molecule has 0 atom stereocenters. The van der Waals surface area contributed by atoms with Gasteiger partial charge in [-0.15, -0.1) is 0 Å². The molecule has 2 aromatic heterocycles. The predicted molar refractivity (Wildman–Crippen MR) is 109 cm³/mol. The second-order valence-electron chi connectivity index (χ2n) is 7.11. The van der Waals surface area contributed by atoms with E-state index >= 15 is 0 Å². The minimum Gasteiger partial charge on any atom is -0.323 e. The van der Waals surface area contributed by atoms with Gasteiger partial charge in [0.15, 0.2) is 0 Å². The van der Waals surface area contributed by atoms with Gasteiger partial charge in [0, 0.05) is 13.0 Å². The van der Waals surface area contributed by atoms with E-state index in [1.807, 2.05) is 25.5 Å². The van der Waals surface area contributed by atoms with Gasteiger partial charge in [0.25, 0.3) is 0 Å². The summed E-state index contributed by atoms with van der Waals surface area (Å²) in [5, 5.41) is 22.4. The Morgan fingerprint density at radius 1 is 1.10 bits per heavy atom. The van der Waals surface area contributed by atoms with Gasteiger partial charge >= 0.3 is 5.69 Å². The van der Waals surface area contributed by atoms with Crippen molar-refractivity contribution in [2.75, 3.05) is 5.32 Å². The Bertz CT molecular complexity index is 1050. The Morgan fingerprint density at radius 2 is 1.79 bits per heavy atom. The summed E-state index contributed by atoms with van der Waals surface area (Å²) in [6.45, 7) is 8.28. The van der Waals surface area contributed by atoms with Crippen molar-refractivity contribution in [1.29, 1.82) is 0 Å². The van der Waals surface area contributed by atoms with Crippen LogP contribution < -0.4 is 5.32 Å². The quantitative estimate of drug-likeness (QED) is 0.487. The number of aryl methyl sites for hydroxylation is 4. The lowest BCUT2D eigenvalue weighted by atomic mass is 10.1. The van der Waals surface area contributed by atoms with Crippen LogP contribution >= 0.6 is 0 Å². The summed E-state index contributed by atoms with van der Waals surface area (Å²) in [6, 6.07) is 8.25. The minimum atomic E-state index is -0.478. The van der Waals surface area contributed by atoms with Crippen molar-refractivity contribution < 1.29 is 9.72 Å². The molecule has 9 nitrogen and oxygen atoms in total.